The highest BCUT2D eigenvalue weighted by molar-refractivity contribution is 5.90. The Kier molecular flexibility index (Phi) is 5.86. The van der Waals surface area contributed by atoms with Crippen LogP contribution in [0.25, 0.3) is 0 Å². The van der Waals surface area contributed by atoms with Crippen LogP contribution in [0.15, 0.2) is 24.3 Å². The summed E-state index contributed by atoms with van der Waals surface area (Å²) in [6, 6.07) is 5.55. The molecule has 0 aromatic heterocycles. The average Bonchev–Trinajstić information content (AvgIpc) is 2.62. The molecule has 0 aliphatic carbocycles. The first-order valence-electron chi connectivity index (χ1n) is 9.62. The second-order valence-corrected chi connectivity index (χ2v) is 7.82. The van der Waals surface area contributed by atoms with Gasteiger partial charge < -0.3 is 14.9 Å². The van der Waals surface area contributed by atoms with E-state index in [0.29, 0.717) is 19.4 Å². The Morgan fingerprint density at radius 3 is 2.71 bits per heavy atom. The minimum Gasteiger partial charge on any atom is -0.465 e. The predicted molar refractivity (Wildman–Crippen MR) is 99.9 cm³/mol. The number of nitrogens with zero attached hydrogens (tertiary/aromatic N) is 3. The smallest absolute Gasteiger partial charge is 0.409 e. The highest BCUT2D eigenvalue weighted by Crippen LogP contribution is 2.29. The summed E-state index contributed by atoms with van der Waals surface area (Å²) in [6.07, 6.45) is -0.733. The van der Waals surface area contributed by atoms with E-state index in [1.54, 1.807) is 17.0 Å². The first kappa shape index (κ1) is 20.1. The number of fused-ring (bicyclic) bond motifs is 1. The number of amides is 3. The summed E-state index contributed by atoms with van der Waals surface area (Å²) in [4.78, 5) is 41.7. The van der Waals surface area contributed by atoms with E-state index in [2.05, 4.69) is 0 Å². The summed E-state index contributed by atoms with van der Waals surface area (Å²) < 4.78 is 13.4. The average molecular weight is 391 g/mol. The number of carboxylic acid groups (broad SMARTS) is 1. The molecule has 0 unspecified atom stereocenters. The van der Waals surface area contributed by atoms with Gasteiger partial charge in [-0.25, -0.2) is 9.18 Å². The van der Waals surface area contributed by atoms with Gasteiger partial charge in [0, 0.05) is 19.5 Å². The van der Waals surface area contributed by atoms with Gasteiger partial charge in [-0.3, -0.25) is 14.5 Å². The lowest BCUT2D eigenvalue weighted by molar-refractivity contribution is -0.168. The number of piperazine rings is 1. The third-order valence-corrected chi connectivity index (χ3v) is 5.35. The van der Waals surface area contributed by atoms with Crippen molar-refractivity contribution in [2.24, 2.45) is 5.92 Å². The zero-order valence-electron chi connectivity index (χ0n) is 16.2. The summed E-state index contributed by atoms with van der Waals surface area (Å²) in [7, 11) is 0. The third kappa shape index (κ3) is 4.10. The molecule has 0 saturated carbocycles. The van der Waals surface area contributed by atoms with E-state index in [0.717, 1.165) is 5.56 Å². The van der Waals surface area contributed by atoms with Crippen LogP contribution in [0.3, 0.4) is 0 Å². The van der Waals surface area contributed by atoms with E-state index < -0.39 is 18.3 Å². The molecule has 2 fully saturated rings. The first-order chi connectivity index (χ1) is 13.3. The van der Waals surface area contributed by atoms with E-state index in [1.165, 1.54) is 21.9 Å². The minimum atomic E-state index is -1.09. The van der Waals surface area contributed by atoms with Gasteiger partial charge in [0.25, 0.3) is 0 Å². The molecule has 1 aromatic carbocycles. The molecular weight excluding hydrogens is 365 g/mol. The van der Waals surface area contributed by atoms with Crippen LogP contribution in [0.4, 0.5) is 9.18 Å². The maximum atomic E-state index is 13.4. The van der Waals surface area contributed by atoms with Gasteiger partial charge in [0.05, 0.1) is 6.54 Å². The van der Waals surface area contributed by atoms with Crippen molar-refractivity contribution in [2.45, 2.75) is 45.3 Å². The van der Waals surface area contributed by atoms with Gasteiger partial charge in [0.15, 0.2) is 0 Å². The van der Waals surface area contributed by atoms with Crippen molar-refractivity contribution in [1.82, 2.24) is 14.7 Å². The molecule has 1 aromatic rings. The van der Waals surface area contributed by atoms with Crippen molar-refractivity contribution in [2.75, 3.05) is 19.6 Å². The second-order valence-electron chi connectivity index (χ2n) is 7.82. The van der Waals surface area contributed by atoms with Gasteiger partial charge >= 0.3 is 6.09 Å². The van der Waals surface area contributed by atoms with Crippen LogP contribution in [-0.2, 0) is 16.0 Å². The molecule has 8 heteroatoms. The molecule has 0 bridgehead atoms. The molecule has 2 saturated heterocycles. The van der Waals surface area contributed by atoms with Crippen molar-refractivity contribution in [3.05, 3.63) is 35.6 Å². The zero-order valence-corrected chi connectivity index (χ0v) is 16.2. The molecule has 3 rings (SSSR count). The van der Waals surface area contributed by atoms with E-state index in [-0.39, 0.29) is 43.1 Å². The standard InChI is InChI=1S/C20H26FN3O4/c1-13(2)10-16-19(26)22(8-6-14-4-3-5-15(21)11-14)12-17-23(20(27)28)9-7-18(25)24(16)17/h3-5,11,13,16-17H,6-10,12H2,1-2H3,(H,27,28)/t16-,17+/m0/s1. The van der Waals surface area contributed by atoms with Crippen molar-refractivity contribution in [3.63, 3.8) is 0 Å². The molecule has 2 heterocycles. The zero-order chi connectivity index (χ0) is 20.4. The van der Waals surface area contributed by atoms with Crippen LogP contribution in [0.1, 0.15) is 32.3 Å². The fourth-order valence-corrected chi connectivity index (χ4v) is 4.04. The summed E-state index contributed by atoms with van der Waals surface area (Å²) in [5.41, 5.74) is 0.769. The summed E-state index contributed by atoms with van der Waals surface area (Å²) in [5.74, 6) is -0.500. The van der Waals surface area contributed by atoms with Crippen LogP contribution in [0.5, 0.6) is 0 Å². The molecule has 152 valence electrons. The van der Waals surface area contributed by atoms with Crippen LogP contribution in [0.2, 0.25) is 0 Å². The minimum absolute atomic E-state index is 0.0912. The Bertz CT molecular complexity index is 770. The molecule has 3 amide bonds. The number of benzene rings is 1. The monoisotopic (exact) mass is 391 g/mol. The van der Waals surface area contributed by atoms with E-state index in [9.17, 15) is 23.9 Å². The van der Waals surface area contributed by atoms with Crippen LogP contribution < -0.4 is 0 Å². The molecule has 28 heavy (non-hydrogen) atoms. The van der Waals surface area contributed by atoms with Gasteiger partial charge in [-0.1, -0.05) is 26.0 Å². The van der Waals surface area contributed by atoms with E-state index >= 15 is 0 Å². The summed E-state index contributed by atoms with van der Waals surface area (Å²) in [5, 5.41) is 9.57. The SMILES string of the molecule is CC(C)C[C@H]1C(=O)N(CCc2cccc(F)c2)C[C@@H]2N(C(=O)O)CCC(=O)N21. The number of carbonyl (C=O) groups excluding carboxylic acids is 2. The lowest BCUT2D eigenvalue weighted by Crippen LogP contribution is -2.71. The lowest BCUT2D eigenvalue weighted by atomic mass is 9.95. The first-order valence-corrected chi connectivity index (χ1v) is 9.62. The van der Waals surface area contributed by atoms with Crippen molar-refractivity contribution in [1.29, 1.82) is 0 Å². The Morgan fingerprint density at radius 2 is 2.07 bits per heavy atom. The van der Waals surface area contributed by atoms with Gasteiger partial charge in [-0.05, 0) is 36.5 Å². The molecule has 2 atom stereocenters. The lowest BCUT2D eigenvalue weighted by Gasteiger charge is -2.51. The maximum Gasteiger partial charge on any atom is 0.409 e. The number of hydrogen-bond donors (Lipinski definition) is 1. The Morgan fingerprint density at radius 1 is 1.32 bits per heavy atom. The Labute approximate surface area is 163 Å². The van der Waals surface area contributed by atoms with E-state index in [1.807, 2.05) is 13.8 Å². The normalized spacial score (nSPS) is 22.6. The maximum absolute atomic E-state index is 13.4. The fraction of sp³-hybridized carbons (Fsp3) is 0.550. The number of carbonyl (C=O) groups is 3. The third-order valence-electron chi connectivity index (χ3n) is 5.35. The number of halogens is 1. The van der Waals surface area contributed by atoms with Crippen molar-refractivity contribution < 1.29 is 23.9 Å². The molecule has 7 nitrogen and oxygen atoms in total. The van der Waals surface area contributed by atoms with Crippen molar-refractivity contribution >= 4 is 17.9 Å². The molecule has 2 aliphatic heterocycles. The Balaban J connectivity index is 1.83. The highest BCUT2D eigenvalue weighted by atomic mass is 19.1. The van der Waals surface area contributed by atoms with Crippen LogP contribution in [0, 0.1) is 11.7 Å². The largest absolute Gasteiger partial charge is 0.465 e. The molecule has 1 N–H and O–H groups in total. The number of rotatable bonds is 5. The quantitative estimate of drug-likeness (QED) is 0.834. The summed E-state index contributed by atoms with van der Waals surface area (Å²) in [6.45, 7) is 4.56. The van der Waals surface area contributed by atoms with Gasteiger partial charge in [-0.15, -0.1) is 0 Å². The molecule has 0 spiro atoms. The molecule has 2 aliphatic rings. The highest BCUT2D eigenvalue weighted by Gasteiger charge is 2.48. The summed E-state index contributed by atoms with van der Waals surface area (Å²) >= 11 is 0. The Hall–Kier alpha value is -2.64. The van der Waals surface area contributed by atoms with Gasteiger partial charge in [0.2, 0.25) is 11.8 Å². The number of hydrogen-bond acceptors (Lipinski definition) is 3. The predicted octanol–water partition coefficient (Wildman–Crippen LogP) is 2.16. The second kappa shape index (κ2) is 8.16. The molecule has 0 radical (unpaired) electrons. The van der Waals surface area contributed by atoms with Crippen molar-refractivity contribution in [3.8, 4) is 0 Å². The van der Waals surface area contributed by atoms with E-state index in [4.69, 9.17) is 0 Å². The van der Waals surface area contributed by atoms with Gasteiger partial charge in [-0.2, -0.15) is 0 Å². The fourth-order valence-electron chi connectivity index (χ4n) is 4.04. The van der Waals surface area contributed by atoms with Gasteiger partial charge in [0.1, 0.15) is 18.0 Å². The topological polar surface area (TPSA) is 81.2 Å². The molecular formula is C20H26FN3O4. The van der Waals surface area contributed by atoms with Crippen LogP contribution in [-0.4, -0.2) is 69.6 Å². The van der Waals surface area contributed by atoms with Crippen LogP contribution >= 0.6 is 0 Å².